The van der Waals surface area contributed by atoms with Crippen LogP contribution in [0.15, 0.2) is 42.9 Å². The Balaban J connectivity index is 1.37. The molecule has 1 fully saturated rings. The molecule has 29 heavy (non-hydrogen) atoms. The Bertz CT molecular complexity index is 1160. The van der Waals surface area contributed by atoms with E-state index < -0.39 is 12.1 Å². The van der Waals surface area contributed by atoms with Gasteiger partial charge in [0.2, 0.25) is 12.0 Å². The van der Waals surface area contributed by atoms with E-state index in [1.807, 2.05) is 24.3 Å². The Hall–Kier alpha value is -3.26. The Morgan fingerprint density at radius 2 is 2.17 bits per heavy atom. The van der Waals surface area contributed by atoms with Crippen molar-refractivity contribution in [3.8, 4) is 5.82 Å². The van der Waals surface area contributed by atoms with Gasteiger partial charge in [0.15, 0.2) is 11.9 Å². The summed E-state index contributed by atoms with van der Waals surface area (Å²) in [6, 6.07) is 7.31. The largest absolute Gasteiger partial charge is 0.619 e. The zero-order chi connectivity index (χ0) is 19.7. The number of aliphatic hydroxyl groups excluding tert-OH is 1. The molecule has 8 heteroatoms. The highest BCUT2D eigenvalue weighted by molar-refractivity contribution is 5.95. The van der Waals surface area contributed by atoms with E-state index in [4.69, 9.17) is 0 Å². The Morgan fingerprint density at radius 1 is 1.31 bits per heavy atom. The van der Waals surface area contributed by atoms with Crippen LogP contribution in [-0.2, 0) is 12.8 Å². The summed E-state index contributed by atoms with van der Waals surface area (Å²) in [5.41, 5.74) is 4.30. The smallest absolute Gasteiger partial charge is 0.272 e. The van der Waals surface area contributed by atoms with Gasteiger partial charge in [-0.2, -0.15) is 9.83 Å². The number of fused-ring (bicyclic) bond motifs is 4. The molecule has 0 spiro atoms. The van der Waals surface area contributed by atoms with Gasteiger partial charge in [0.25, 0.3) is 5.91 Å². The molecule has 2 heterocycles. The standard InChI is InChI=1S/C21H19N5O3/c27-16-9-11-3-1-2-4-13(11)18(16)23-21(28)19-15-8-12-7-14(12)20(15)26(24-19)17-10-25(29)6-5-22-17/h1-6,10,12,14,16,18,27H,7-9H2,(H,23,28)/t12-,14-,16+,18-/m0/s1. The van der Waals surface area contributed by atoms with E-state index in [9.17, 15) is 15.1 Å². The Kier molecular flexibility index (Phi) is 3.37. The third-order valence-corrected chi connectivity index (χ3v) is 6.35. The molecule has 3 aliphatic rings. The molecule has 1 amide bonds. The zero-order valence-electron chi connectivity index (χ0n) is 15.5. The maximum Gasteiger partial charge on any atom is 0.272 e. The van der Waals surface area contributed by atoms with Gasteiger partial charge >= 0.3 is 0 Å². The van der Waals surface area contributed by atoms with Crippen LogP contribution in [-0.4, -0.2) is 31.9 Å². The molecule has 0 aliphatic heterocycles. The zero-order valence-corrected chi connectivity index (χ0v) is 15.5. The van der Waals surface area contributed by atoms with Crippen LogP contribution in [0.1, 0.15) is 51.3 Å². The van der Waals surface area contributed by atoms with E-state index >= 15 is 0 Å². The number of hydrogen-bond donors (Lipinski definition) is 2. The van der Waals surface area contributed by atoms with Gasteiger partial charge in [-0.05, 0) is 29.9 Å². The van der Waals surface area contributed by atoms with Crippen molar-refractivity contribution in [1.29, 1.82) is 0 Å². The Morgan fingerprint density at radius 3 is 3.03 bits per heavy atom. The molecule has 8 nitrogen and oxygen atoms in total. The van der Waals surface area contributed by atoms with Crippen molar-refractivity contribution in [2.45, 2.75) is 37.3 Å². The average Bonchev–Trinajstić information content (AvgIpc) is 3.06. The van der Waals surface area contributed by atoms with E-state index in [1.165, 1.54) is 18.6 Å². The summed E-state index contributed by atoms with van der Waals surface area (Å²) in [6.07, 6.45) is 5.88. The summed E-state index contributed by atoms with van der Waals surface area (Å²) in [4.78, 5) is 17.4. The molecule has 6 rings (SSSR count). The van der Waals surface area contributed by atoms with Crippen LogP contribution in [0.5, 0.6) is 0 Å². The van der Waals surface area contributed by atoms with Gasteiger partial charge in [0.05, 0.1) is 24.0 Å². The first-order valence-electron chi connectivity index (χ1n) is 9.84. The first-order valence-corrected chi connectivity index (χ1v) is 9.84. The lowest BCUT2D eigenvalue weighted by Gasteiger charge is -2.17. The number of nitrogens with one attached hydrogen (secondary N) is 1. The third-order valence-electron chi connectivity index (χ3n) is 6.35. The van der Waals surface area contributed by atoms with Crippen molar-refractivity contribution in [3.05, 3.63) is 76.1 Å². The van der Waals surface area contributed by atoms with Crippen LogP contribution in [0.25, 0.3) is 5.82 Å². The number of benzene rings is 1. The Labute approximate surface area is 166 Å². The fourth-order valence-corrected chi connectivity index (χ4v) is 4.91. The number of rotatable bonds is 3. The van der Waals surface area contributed by atoms with Crippen molar-refractivity contribution < 1.29 is 14.6 Å². The highest BCUT2D eigenvalue weighted by Gasteiger charge is 2.50. The molecule has 0 unspecified atom stereocenters. The molecule has 3 aromatic rings. The second-order valence-corrected chi connectivity index (χ2v) is 8.13. The van der Waals surface area contributed by atoms with E-state index in [0.717, 1.165) is 35.2 Å². The van der Waals surface area contributed by atoms with Crippen LogP contribution in [0.4, 0.5) is 0 Å². The molecular weight excluding hydrogens is 370 g/mol. The number of nitrogens with zero attached hydrogens (tertiary/aromatic N) is 4. The van der Waals surface area contributed by atoms with Crippen LogP contribution < -0.4 is 10.0 Å². The molecule has 0 saturated heterocycles. The minimum Gasteiger partial charge on any atom is -0.619 e. The fourth-order valence-electron chi connectivity index (χ4n) is 4.91. The van der Waals surface area contributed by atoms with Gasteiger partial charge in [0, 0.05) is 17.9 Å². The lowest BCUT2D eigenvalue weighted by atomic mass is 10.1. The minimum atomic E-state index is -0.657. The molecule has 2 aromatic heterocycles. The summed E-state index contributed by atoms with van der Waals surface area (Å²) < 4.78 is 2.33. The molecule has 4 atom stereocenters. The predicted molar refractivity (Wildman–Crippen MR) is 101 cm³/mol. The molecule has 146 valence electrons. The van der Waals surface area contributed by atoms with Gasteiger partial charge < -0.3 is 15.6 Å². The summed E-state index contributed by atoms with van der Waals surface area (Å²) in [5, 5.41) is 29.7. The first kappa shape index (κ1) is 16.7. The van der Waals surface area contributed by atoms with Crippen LogP contribution >= 0.6 is 0 Å². The number of amides is 1. The molecule has 0 bridgehead atoms. The SMILES string of the molecule is O=C(N[C@H]1c2ccccc2C[C@H]1O)c1nn(-c2c[n+]([O-])ccn2)c2c1C[C@@H]1C[C@H]21. The molecule has 3 aliphatic carbocycles. The van der Waals surface area contributed by atoms with E-state index in [2.05, 4.69) is 15.4 Å². The molecule has 1 saturated carbocycles. The molecule has 1 aromatic carbocycles. The minimum absolute atomic E-state index is 0.298. The van der Waals surface area contributed by atoms with E-state index in [1.54, 1.807) is 4.68 Å². The van der Waals surface area contributed by atoms with Crippen molar-refractivity contribution >= 4 is 5.91 Å². The van der Waals surface area contributed by atoms with Crippen molar-refractivity contribution in [3.63, 3.8) is 0 Å². The summed E-state index contributed by atoms with van der Waals surface area (Å²) >= 11 is 0. The highest BCUT2D eigenvalue weighted by atomic mass is 16.5. The van der Waals surface area contributed by atoms with Gasteiger partial charge in [-0.15, -0.1) is 0 Å². The summed E-state index contributed by atoms with van der Waals surface area (Å²) in [7, 11) is 0. The van der Waals surface area contributed by atoms with Gasteiger partial charge in [0.1, 0.15) is 0 Å². The maximum absolute atomic E-state index is 13.2. The van der Waals surface area contributed by atoms with Crippen molar-refractivity contribution in [1.82, 2.24) is 20.1 Å². The summed E-state index contributed by atoms with van der Waals surface area (Å²) in [6.45, 7) is 0. The van der Waals surface area contributed by atoms with Crippen molar-refractivity contribution in [2.24, 2.45) is 5.92 Å². The summed E-state index contributed by atoms with van der Waals surface area (Å²) in [5.74, 6) is 1.03. The number of carbonyl (C=O) groups excluding carboxylic acids is 1. The highest BCUT2D eigenvalue weighted by Crippen LogP contribution is 2.57. The number of hydrogen-bond acceptors (Lipinski definition) is 5. The lowest BCUT2D eigenvalue weighted by molar-refractivity contribution is -0.605. The van der Waals surface area contributed by atoms with Gasteiger partial charge in [-0.1, -0.05) is 24.3 Å². The normalized spacial score (nSPS) is 26.0. The number of carbonyl (C=O) groups is 1. The second kappa shape index (κ2) is 5.87. The van der Waals surface area contributed by atoms with Crippen LogP contribution in [0.3, 0.4) is 0 Å². The third kappa shape index (κ3) is 2.49. The van der Waals surface area contributed by atoms with E-state index in [0.29, 0.717) is 34.5 Å². The quantitative estimate of drug-likeness (QED) is 0.512. The topological polar surface area (TPSA) is 107 Å². The van der Waals surface area contributed by atoms with Gasteiger partial charge in [-0.25, -0.2) is 9.67 Å². The van der Waals surface area contributed by atoms with Crippen LogP contribution in [0, 0.1) is 11.1 Å². The van der Waals surface area contributed by atoms with E-state index in [-0.39, 0.29) is 5.91 Å². The first-order chi connectivity index (χ1) is 14.1. The van der Waals surface area contributed by atoms with Crippen LogP contribution in [0.2, 0.25) is 0 Å². The van der Waals surface area contributed by atoms with Gasteiger partial charge in [-0.3, -0.25) is 4.79 Å². The van der Waals surface area contributed by atoms with Crippen molar-refractivity contribution in [2.75, 3.05) is 0 Å². The monoisotopic (exact) mass is 389 g/mol. The molecule has 0 radical (unpaired) electrons. The average molecular weight is 389 g/mol. The second-order valence-electron chi connectivity index (χ2n) is 8.13. The lowest BCUT2D eigenvalue weighted by Crippen LogP contribution is -2.34. The number of aliphatic hydroxyl groups is 1. The molecular formula is C21H19N5O3. The maximum atomic E-state index is 13.2. The number of aromatic nitrogens is 4. The fraction of sp³-hybridized carbons (Fsp3) is 0.333. The molecule has 2 N–H and O–H groups in total. The predicted octanol–water partition coefficient (Wildman–Crippen LogP) is 0.948.